The molecule has 0 saturated heterocycles. The van der Waals surface area contributed by atoms with Crippen LogP contribution in [0.3, 0.4) is 0 Å². The molecule has 1 aromatic carbocycles. The number of pyridine rings is 1. The summed E-state index contributed by atoms with van der Waals surface area (Å²) in [6.45, 7) is 1.28. The lowest BCUT2D eigenvalue weighted by atomic mass is 10.0. The summed E-state index contributed by atoms with van der Waals surface area (Å²) >= 11 is 0. The van der Waals surface area contributed by atoms with Crippen LogP contribution in [0.25, 0.3) is 10.9 Å². The molecule has 0 saturated carbocycles. The Morgan fingerprint density at radius 3 is 2.72 bits per heavy atom. The van der Waals surface area contributed by atoms with E-state index in [-0.39, 0.29) is 22.3 Å². The first-order chi connectivity index (χ1) is 11.8. The van der Waals surface area contributed by atoms with Crippen LogP contribution in [-0.4, -0.2) is 34.5 Å². The maximum atomic E-state index is 12.0. The maximum absolute atomic E-state index is 12.0. The molecule has 0 bridgehead atoms. The van der Waals surface area contributed by atoms with Crippen LogP contribution in [0.2, 0.25) is 0 Å². The van der Waals surface area contributed by atoms with Crippen molar-refractivity contribution in [3.8, 4) is 5.75 Å². The molecular weight excluding hydrogens is 334 g/mol. The third-order valence-corrected chi connectivity index (χ3v) is 3.32. The van der Waals surface area contributed by atoms with Gasteiger partial charge in [0.25, 0.3) is 5.69 Å². The first-order valence-corrected chi connectivity index (χ1v) is 7.03. The van der Waals surface area contributed by atoms with Gasteiger partial charge in [-0.2, -0.15) is 0 Å². The average Bonchev–Trinajstić information content (AvgIpc) is 2.58. The van der Waals surface area contributed by atoms with Crippen molar-refractivity contribution in [2.45, 2.75) is 18.9 Å². The Hall–Kier alpha value is -3.27. The molecule has 0 aliphatic heterocycles. The van der Waals surface area contributed by atoms with Crippen molar-refractivity contribution in [3.63, 3.8) is 0 Å². The number of rotatable bonds is 6. The predicted molar refractivity (Wildman–Crippen MR) is 84.3 cm³/mol. The molecule has 10 nitrogen and oxygen atoms in total. The van der Waals surface area contributed by atoms with Gasteiger partial charge in [-0.1, -0.05) is 0 Å². The summed E-state index contributed by atoms with van der Waals surface area (Å²) in [5, 5.41) is 11.3. The Bertz CT molecular complexity index is 835. The number of nitrogens with zero attached hydrogens (tertiary/aromatic N) is 2. The number of methoxy groups -OCH3 is 1. The minimum Gasteiger partial charge on any atom is -0.469 e. The lowest BCUT2D eigenvalue weighted by molar-refractivity contribution is -0.383. The van der Waals surface area contributed by atoms with Crippen LogP contribution in [0.4, 0.5) is 5.69 Å². The molecule has 0 amide bonds. The van der Waals surface area contributed by atoms with E-state index in [1.807, 2.05) is 0 Å². The van der Waals surface area contributed by atoms with Gasteiger partial charge in [0.15, 0.2) is 0 Å². The number of aromatic nitrogens is 1. The molecular formula is C15H15N3O7. The van der Waals surface area contributed by atoms with Crippen LogP contribution in [0.1, 0.15) is 13.3 Å². The standard InChI is InChI=1S/C15H15N3O7/c1-15(16,8-12(19)23-2)14(20)25-24-11-6-5-10(18(21)22)9-4-3-7-17-13(9)11/h3-7H,8,16H2,1-2H3. The first kappa shape index (κ1) is 18.1. The molecule has 132 valence electrons. The van der Waals surface area contributed by atoms with Gasteiger partial charge >= 0.3 is 11.9 Å². The topological polar surface area (TPSA) is 144 Å². The van der Waals surface area contributed by atoms with Crippen molar-refractivity contribution in [1.82, 2.24) is 4.98 Å². The second-order valence-corrected chi connectivity index (χ2v) is 5.36. The van der Waals surface area contributed by atoms with Crippen molar-refractivity contribution in [1.29, 1.82) is 0 Å². The van der Waals surface area contributed by atoms with Crippen LogP contribution < -0.4 is 10.6 Å². The van der Waals surface area contributed by atoms with E-state index >= 15 is 0 Å². The van der Waals surface area contributed by atoms with E-state index < -0.39 is 28.8 Å². The Labute approximate surface area is 141 Å². The highest BCUT2D eigenvalue weighted by Gasteiger charge is 2.35. The molecule has 0 spiro atoms. The van der Waals surface area contributed by atoms with Crippen molar-refractivity contribution in [3.05, 3.63) is 40.6 Å². The molecule has 0 fully saturated rings. The molecule has 0 radical (unpaired) electrons. The Kier molecular flexibility index (Phi) is 5.13. The van der Waals surface area contributed by atoms with Crippen LogP contribution in [0.5, 0.6) is 5.75 Å². The normalized spacial score (nSPS) is 12.9. The minimum absolute atomic E-state index is 0.0107. The Balaban J connectivity index is 2.21. The highest BCUT2D eigenvalue weighted by Crippen LogP contribution is 2.31. The van der Waals surface area contributed by atoms with Crippen molar-refractivity contribution in [2.75, 3.05) is 7.11 Å². The molecule has 1 unspecified atom stereocenters. The molecule has 10 heteroatoms. The molecule has 0 aliphatic rings. The fourth-order valence-corrected chi connectivity index (χ4v) is 1.98. The molecule has 2 N–H and O–H groups in total. The van der Waals surface area contributed by atoms with E-state index in [4.69, 9.17) is 10.6 Å². The van der Waals surface area contributed by atoms with E-state index in [1.165, 1.54) is 37.4 Å². The summed E-state index contributed by atoms with van der Waals surface area (Å²) in [6, 6.07) is 5.45. The number of benzene rings is 1. The van der Waals surface area contributed by atoms with Gasteiger partial charge in [-0.05, 0) is 25.1 Å². The van der Waals surface area contributed by atoms with Crippen LogP contribution >= 0.6 is 0 Å². The number of hydrogen-bond acceptors (Lipinski definition) is 9. The van der Waals surface area contributed by atoms with Crippen LogP contribution in [0.15, 0.2) is 30.5 Å². The van der Waals surface area contributed by atoms with Gasteiger partial charge in [0.1, 0.15) is 11.1 Å². The molecule has 1 heterocycles. The summed E-state index contributed by atoms with van der Waals surface area (Å²) in [4.78, 5) is 47.3. The molecule has 1 aromatic heterocycles. The summed E-state index contributed by atoms with van der Waals surface area (Å²) in [6.07, 6.45) is 0.996. The van der Waals surface area contributed by atoms with Gasteiger partial charge < -0.3 is 10.5 Å². The van der Waals surface area contributed by atoms with Crippen LogP contribution in [0, 0.1) is 10.1 Å². The van der Waals surface area contributed by atoms with Gasteiger partial charge in [-0.15, -0.1) is 0 Å². The van der Waals surface area contributed by atoms with Gasteiger partial charge in [0.05, 0.1) is 23.8 Å². The zero-order chi connectivity index (χ0) is 18.6. The second kappa shape index (κ2) is 7.09. The number of hydrogen-bond donors (Lipinski definition) is 1. The maximum Gasteiger partial charge on any atom is 0.375 e. The van der Waals surface area contributed by atoms with Crippen LogP contribution in [-0.2, 0) is 19.2 Å². The van der Waals surface area contributed by atoms with Gasteiger partial charge in [-0.3, -0.25) is 24.8 Å². The van der Waals surface area contributed by atoms with E-state index in [2.05, 4.69) is 14.6 Å². The summed E-state index contributed by atoms with van der Waals surface area (Å²) in [5.41, 5.74) is 4.01. The minimum atomic E-state index is -1.67. The third kappa shape index (κ3) is 3.98. The third-order valence-electron chi connectivity index (χ3n) is 3.32. The van der Waals surface area contributed by atoms with Gasteiger partial charge in [0, 0.05) is 12.3 Å². The number of nitro groups is 1. The second-order valence-electron chi connectivity index (χ2n) is 5.36. The number of non-ortho nitro benzene ring substituents is 1. The SMILES string of the molecule is COC(=O)CC(C)(N)C(=O)OOc1ccc([N+](=O)[O-])c2cccnc12. The molecule has 2 rings (SSSR count). The molecule has 0 aliphatic carbocycles. The largest absolute Gasteiger partial charge is 0.469 e. The highest BCUT2D eigenvalue weighted by molar-refractivity contribution is 5.92. The first-order valence-electron chi connectivity index (χ1n) is 7.03. The number of esters is 1. The Morgan fingerprint density at radius 1 is 1.36 bits per heavy atom. The summed E-state index contributed by atoms with van der Waals surface area (Å²) in [5.74, 6) is -1.71. The van der Waals surface area contributed by atoms with Gasteiger partial charge in [0.2, 0.25) is 5.75 Å². The van der Waals surface area contributed by atoms with Crippen molar-refractivity contribution < 1.29 is 29.0 Å². The number of ether oxygens (including phenoxy) is 1. The zero-order valence-electron chi connectivity index (χ0n) is 13.4. The van der Waals surface area contributed by atoms with Crippen molar-refractivity contribution >= 4 is 28.5 Å². The molecule has 1 atom stereocenters. The van der Waals surface area contributed by atoms with E-state index in [0.29, 0.717) is 0 Å². The fourth-order valence-electron chi connectivity index (χ4n) is 1.98. The number of nitro benzene ring substituents is 1. The Morgan fingerprint density at radius 2 is 2.08 bits per heavy atom. The van der Waals surface area contributed by atoms with E-state index in [0.717, 1.165) is 7.11 Å². The number of carbonyl (C=O) groups excluding carboxylic acids is 2. The summed E-state index contributed by atoms with van der Waals surface area (Å²) in [7, 11) is 1.16. The fraction of sp³-hybridized carbons (Fsp3) is 0.267. The number of nitrogens with two attached hydrogens (primary N) is 1. The lowest BCUT2D eigenvalue weighted by Gasteiger charge is -2.19. The average molecular weight is 349 g/mol. The van der Waals surface area contributed by atoms with Crippen molar-refractivity contribution in [2.24, 2.45) is 5.73 Å². The highest BCUT2D eigenvalue weighted by atomic mass is 17.2. The number of fused-ring (bicyclic) bond motifs is 1. The lowest BCUT2D eigenvalue weighted by Crippen LogP contribution is -2.48. The van der Waals surface area contributed by atoms with E-state index in [1.54, 1.807) is 0 Å². The zero-order valence-corrected chi connectivity index (χ0v) is 13.4. The molecule has 2 aromatic rings. The van der Waals surface area contributed by atoms with Gasteiger partial charge in [-0.25, -0.2) is 9.68 Å². The molecule has 25 heavy (non-hydrogen) atoms. The quantitative estimate of drug-likeness (QED) is 0.352. The predicted octanol–water partition coefficient (Wildman–Crippen LogP) is 1.26. The smallest absolute Gasteiger partial charge is 0.375 e. The number of carbonyl (C=O) groups is 2. The van der Waals surface area contributed by atoms with E-state index in [9.17, 15) is 19.7 Å². The monoisotopic (exact) mass is 349 g/mol. The summed E-state index contributed by atoms with van der Waals surface area (Å²) < 4.78 is 4.45.